The number of aromatic nitrogens is 1. The number of alkyl halides is 3. The first-order chi connectivity index (χ1) is 35.2. The number of carboxylic acids is 1. The summed E-state index contributed by atoms with van der Waals surface area (Å²) in [5, 5.41) is 14.2. The minimum Gasteiger partial charge on any atom is -0.478 e. The van der Waals surface area contributed by atoms with Gasteiger partial charge in [-0.15, -0.1) is 11.8 Å². The highest BCUT2D eigenvalue weighted by molar-refractivity contribution is 7.99. The zero-order chi connectivity index (χ0) is 53.0. The number of nitrogens with zero attached hydrogens (tertiary/aromatic N) is 4. The van der Waals surface area contributed by atoms with Crippen molar-refractivity contribution in [2.75, 3.05) is 71.4 Å². The third kappa shape index (κ3) is 12.4. The number of rotatable bonds is 19. The van der Waals surface area contributed by atoms with Crippen LogP contribution in [-0.4, -0.2) is 100 Å². The number of thioether (sulfide) groups is 1. The molecule has 2 aliphatic rings. The van der Waals surface area contributed by atoms with Crippen molar-refractivity contribution in [2.45, 2.75) is 85.7 Å². The Balaban J connectivity index is 0.966. The van der Waals surface area contributed by atoms with Gasteiger partial charge in [0, 0.05) is 88.8 Å². The summed E-state index contributed by atoms with van der Waals surface area (Å²) in [6, 6.07) is 33.7. The first-order valence-corrected chi connectivity index (χ1v) is 29.2. The Kier molecular flexibility index (Phi) is 17.0. The molecule has 19 heteroatoms. The summed E-state index contributed by atoms with van der Waals surface area (Å²) in [6.45, 7) is 13.0. The molecule has 8 rings (SSSR count). The van der Waals surface area contributed by atoms with Gasteiger partial charge in [-0.3, -0.25) is 4.72 Å². The summed E-state index contributed by atoms with van der Waals surface area (Å²) in [7, 11) is -10.6. The molecule has 0 saturated carbocycles. The predicted octanol–water partition coefficient (Wildman–Crippen LogP) is 12.6. The van der Waals surface area contributed by atoms with E-state index in [4.69, 9.17) is 11.6 Å². The van der Waals surface area contributed by atoms with E-state index in [0.717, 1.165) is 77.6 Å². The largest absolute Gasteiger partial charge is 0.501 e. The van der Waals surface area contributed by atoms with Gasteiger partial charge in [-0.25, -0.2) is 21.6 Å². The maximum Gasteiger partial charge on any atom is 0.501 e. The summed E-state index contributed by atoms with van der Waals surface area (Å²) in [5.41, 5.74) is -0.222. The minimum absolute atomic E-state index is 0.0267. The second-order valence-corrected chi connectivity index (χ2v) is 24.3. The van der Waals surface area contributed by atoms with Gasteiger partial charge in [0.2, 0.25) is 0 Å². The quantitative estimate of drug-likeness (QED) is 0.0667. The number of hydrogen-bond donors (Lipinski definition) is 3. The number of hydrogen-bond acceptors (Lipinski definition) is 10. The summed E-state index contributed by atoms with van der Waals surface area (Å²) in [5.74, 6) is 0.0631. The van der Waals surface area contributed by atoms with E-state index in [1.165, 1.54) is 11.8 Å². The molecule has 3 N–H and O–H groups in total. The van der Waals surface area contributed by atoms with E-state index >= 15 is 0 Å². The zero-order valence-electron chi connectivity index (χ0n) is 41.8. The number of nitrogens with one attached hydrogen (secondary N) is 2. The fourth-order valence-electron chi connectivity index (χ4n) is 10.0. The van der Waals surface area contributed by atoms with Gasteiger partial charge in [0.25, 0.3) is 19.9 Å². The molecule has 0 radical (unpaired) electrons. The summed E-state index contributed by atoms with van der Waals surface area (Å²) in [4.78, 5) is 18.7. The molecule has 2 fully saturated rings. The van der Waals surface area contributed by atoms with Gasteiger partial charge in [0.05, 0.1) is 21.8 Å². The Morgan fingerprint density at radius 1 is 0.797 bits per heavy atom. The van der Waals surface area contributed by atoms with Gasteiger partial charge >= 0.3 is 11.5 Å². The number of likely N-dealkylation sites (tertiary alicyclic amines) is 1. The van der Waals surface area contributed by atoms with Crippen molar-refractivity contribution in [1.82, 2.24) is 9.47 Å². The number of sulfone groups is 1. The Bertz CT molecular complexity index is 3140. The molecule has 0 aliphatic carbocycles. The van der Waals surface area contributed by atoms with E-state index in [-0.39, 0.29) is 23.0 Å². The van der Waals surface area contributed by atoms with Gasteiger partial charge in [0.1, 0.15) is 4.90 Å². The van der Waals surface area contributed by atoms with Gasteiger partial charge in [-0.05, 0) is 149 Å². The highest BCUT2D eigenvalue weighted by Crippen LogP contribution is 2.43. The number of piperazine rings is 1. The molecule has 0 bridgehead atoms. The average molecular weight is 1090 g/mol. The van der Waals surface area contributed by atoms with Crippen molar-refractivity contribution in [3.63, 3.8) is 0 Å². The van der Waals surface area contributed by atoms with Crippen molar-refractivity contribution in [3.05, 3.63) is 138 Å². The summed E-state index contributed by atoms with van der Waals surface area (Å²) in [6.07, 6.45) is 3.75. The number of anilines is 4. The maximum atomic E-state index is 14.3. The van der Waals surface area contributed by atoms with E-state index in [2.05, 4.69) is 36.2 Å². The second-order valence-electron chi connectivity index (χ2n) is 19.2. The Hall–Kier alpha value is -5.66. The molecular weight excluding hydrogens is 1030 g/mol. The highest BCUT2D eigenvalue weighted by atomic mass is 35.5. The van der Waals surface area contributed by atoms with E-state index in [1.807, 2.05) is 87.5 Å². The smallest absolute Gasteiger partial charge is 0.478 e. The second kappa shape index (κ2) is 23.1. The molecule has 5 aromatic carbocycles. The number of benzene rings is 5. The van der Waals surface area contributed by atoms with Crippen LogP contribution in [0.5, 0.6) is 0 Å². The van der Waals surface area contributed by atoms with Gasteiger partial charge < -0.3 is 29.7 Å². The molecular formula is C55H62ClF3N6O6S3. The standard InChI is InChI=1S/C55H62ClF3N6O6S3/c1-5-39-24-27-62(28-25-39)29-26-44(36-72-47-12-7-6-8-13-47)60-49-23-22-48(35-50(49)73(68,69)55(57,58)59)74(70,71)61-43-18-20-45(21-19-43)63-30-32-64(33-31-63)46-11-9-10-41(34-46)52-51(54(66)67)38(4)65(37(2)3)53(52)40-14-16-42(56)17-15-40/h6-23,34-35,37,39,44,60-61H,5,24-33,36H2,1-4H3,(H,66,67)/t44-/m1/s1. The van der Waals surface area contributed by atoms with Crippen LogP contribution in [0.1, 0.15) is 68.5 Å². The van der Waals surface area contributed by atoms with Gasteiger partial charge in [-0.1, -0.05) is 67.4 Å². The molecule has 12 nitrogen and oxygen atoms in total. The normalized spacial score (nSPS) is 15.6. The van der Waals surface area contributed by atoms with E-state index in [1.54, 1.807) is 36.4 Å². The molecule has 394 valence electrons. The first-order valence-electron chi connectivity index (χ1n) is 24.8. The number of sulfonamides is 1. The van der Waals surface area contributed by atoms with Crippen molar-refractivity contribution < 1.29 is 39.9 Å². The molecule has 1 atom stereocenters. The fraction of sp³-hybridized carbons (Fsp3) is 0.364. The Labute approximate surface area is 441 Å². The van der Waals surface area contributed by atoms with E-state index in [9.17, 15) is 39.9 Å². The number of aromatic carboxylic acids is 1. The zero-order valence-corrected chi connectivity index (χ0v) is 45.0. The molecule has 74 heavy (non-hydrogen) atoms. The molecule has 1 aromatic heterocycles. The molecule has 0 amide bonds. The van der Waals surface area contributed by atoms with Gasteiger partial charge in [0.15, 0.2) is 0 Å². The molecule has 2 aliphatic heterocycles. The number of piperidine rings is 1. The van der Waals surface area contributed by atoms with Crippen LogP contribution >= 0.6 is 23.4 Å². The Morgan fingerprint density at radius 2 is 1.45 bits per heavy atom. The van der Waals surface area contributed by atoms with Crippen LogP contribution < -0.4 is 19.8 Å². The first kappa shape index (κ1) is 54.6. The lowest BCUT2D eigenvalue weighted by molar-refractivity contribution is -0.0436. The monoisotopic (exact) mass is 1090 g/mol. The van der Waals surface area contributed by atoms with Crippen LogP contribution in [0.3, 0.4) is 0 Å². The molecule has 6 aromatic rings. The SMILES string of the molecule is CCC1CCN(CC[C@H](CSc2ccccc2)Nc2ccc(S(=O)(=O)Nc3ccc(N4CCN(c5cccc(-c6c(C(=O)O)c(C)n(C(C)C)c6-c6ccc(Cl)cc6)c5)CC4)cc3)cc2S(=O)(=O)C(F)(F)F)CC1. The van der Waals surface area contributed by atoms with Crippen LogP contribution in [0.25, 0.3) is 22.4 Å². The number of halogens is 4. The van der Waals surface area contributed by atoms with Crippen LogP contribution in [0.15, 0.2) is 136 Å². The van der Waals surface area contributed by atoms with Gasteiger partial charge in [-0.2, -0.15) is 13.2 Å². The molecule has 0 spiro atoms. The predicted molar refractivity (Wildman–Crippen MR) is 292 cm³/mol. The van der Waals surface area contributed by atoms with Crippen LogP contribution in [0, 0.1) is 12.8 Å². The number of carboxylic acid groups (broad SMARTS) is 1. The van der Waals surface area contributed by atoms with Crippen molar-refractivity contribution in [3.8, 4) is 22.4 Å². The fourth-order valence-corrected chi connectivity index (χ4v) is 13.3. The van der Waals surface area contributed by atoms with Crippen LogP contribution in [0.4, 0.5) is 35.9 Å². The van der Waals surface area contributed by atoms with Crippen molar-refractivity contribution >= 4 is 71.9 Å². The van der Waals surface area contributed by atoms with E-state index in [0.29, 0.717) is 73.2 Å². The highest BCUT2D eigenvalue weighted by Gasteiger charge is 2.48. The Morgan fingerprint density at radius 3 is 2.05 bits per heavy atom. The molecule has 2 saturated heterocycles. The lowest BCUT2D eigenvalue weighted by Gasteiger charge is -2.37. The van der Waals surface area contributed by atoms with Crippen molar-refractivity contribution in [1.29, 1.82) is 0 Å². The van der Waals surface area contributed by atoms with E-state index < -0.39 is 47.2 Å². The molecule has 3 heterocycles. The lowest BCUT2D eigenvalue weighted by atomic mass is 9.94. The lowest BCUT2D eigenvalue weighted by Crippen LogP contribution is -2.46. The van der Waals surface area contributed by atoms with Crippen LogP contribution in [-0.2, 0) is 19.9 Å². The maximum absolute atomic E-state index is 14.3. The topological polar surface area (TPSA) is 144 Å². The molecule has 0 unspecified atom stereocenters. The third-order valence-electron chi connectivity index (χ3n) is 14.1. The number of carbonyl (C=O) groups is 1. The summed E-state index contributed by atoms with van der Waals surface area (Å²) >= 11 is 7.75. The minimum atomic E-state index is -6.00. The van der Waals surface area contributed by atoms with Crippen LogP contribution in [0.2, 0.25) is 5.02 Å². The third-order valence-corrected chi connectivity index (χ3v) is 18.4. The average Bonchev–Trinajstić information content (AvgIpc) is 3.71. The van der Waals surface area contributed by atoms with Crippen molar-refractivity contribution in [2.24, 2.45) is 5.92 Å². The summed E-state index contributed by atoms with van der Waals surface area (Å²) < 4.78 is 102.